The van der Waals surface area contributed by atoms with Crippen molar-refractivity contribution >= 4 is 22.6 Å². The Bertz CT molecular complexity index is 1080. The third-order valence-electron chi connectivity index (χ3n) is 6.21. The first-order valence-electron chi connectivity index (χ1n) is 10.7. The number of amides is 1. The van der Waals surface area contributed by atoms with Gasteiger partial charge in [0.05, 0.1) is 17.1 Å². The molecule has 0 spiro atoms. The first-order valence-corrected chi connectivity index (χ1v) is 10.7. The van der Waals surface area contributed by atoms with Crippen LogP contribution in [0.15, 0.2) is 48.5 Å². The molecule has 2 fully saturated rings. The molecule has 8 heteroatoms. The Labute approximate surface area is 179 Å². The quantitative estimate of drug-likeness (QED) is 0.695. The van der Waals surface area contributed by atoms with Crippen molar-refractivity contribution in [1.82, 2.24) is 19.8 Å². The smallest absolute Gasteiger partial charge is 0.320 e. The molecule has 1 atom stereocenters. The van der Waals surface area contributed by atoms with E-state index in [1.807, 2.05) is 29.2 Å². The van der Waals surface area contributed by atoms with Crippen LogP contribution in [0.3, 0.4) is 0 Å². The third kappa shape index (κ3) is 3.76. The summed E-state index contributed by atoms with van der Waals surface area (Å²) in [6.45, 7) is 0.991. The van der Waals surface area contributed by atoms with Gasteiger partial charge in [0, 0.05) is 37.4 Å². The van der Waals surface area contributed by atoms with Gasteiger partial charge in [-0.25, -0.2) is 4.98 Å². The van der Waals surface area contributed by atoms with Gasteiger partial charge in [0.1, 0.15) is 5.82 Å². The Hall–Kier alpha value is -3.00. The highest BCUT2D eigenvalue weighted by atomic mass is 19.3. The monoisotopic (exact) mass is 425 g/mol. The van der Waals surface area contributed by atoms with Gasteiger partial charge < -0.3 is 15.1 Å². The van der Waals surface area contributed by atoms with Gasteiger partial charge in [-0.3, -0.25) is 9.36 Å². The van der Waals surface area contributed by atoms with Gasteiger partial charge in [-0.2, -0.15) is 8.78 Å². The Morgan fingerprint density at radius 1 is 1.06 bits per heavy atom. The second-order valence-electron chi connectivity index (χ2n) is 8.08. The molecular formula is C23H25F2N5O. The summed E-state index contributed by atoms with van der Waals surface area (Å²) < 4.78 is 28.7. The number of fused-ring (bicyclic) bond motifs is 1. The number of anilines is 1. The SMILES string of the molecule is O=C([C@@H]1CCCN1)N1CCN(c2cccc(-c3nc4ccccc4n3C(F)F)c2)CC1. The molecule has 2 aliphatic heterocycles. The van der Waals surface area contributed by atoms with E-state index in [0.717, 1.165) is 29.6 Å². The molecule has 1 amide bonds. The van der Waals surface area contributed by atoms with Crippen molar-refractivity contribution < 1.29 is 13.6 Å². The van der Waals surface area contributed by atoms with Crippen molar-refractivity contribution in [1.29, 1.82) is 0 Å². The molecule has 31 heavy (non-hydrogen) atoms. The van der Waals surface area contributed by atoms with Crippen LogP contribution < -0.4 is 10.2 Å². The molecule has 2 saturated heterocycles. The van der Waals surface area contributed by atoms with E-state index in [2.05, 4.69) is 15.2 Å². The second kappa shape index (κ2) is 8.26. The number of halogens is 2. The number of para-hydroxylation sites is 2. The summed E-state index contributed by atoms with van der Waals surface area (Å²) in [5.41, 5.74) is 2.58. The van der Waals surface area contributed by atoms with E-state index in [1.165, 1.54) is 0 Å². The average Bonchev–Trinajstić information content (AvgIpc) is 3.47. The lowest BCUT2D eigenvalue weighted by Gasteiger charge is -2.37. The zero-order valence-corrected chi connectivity index (χ0v) is 17.2. The molecule has 5 rings (SSSR count). The van der Waals surface area contributed by atoms with Crippen molar-refractivity contribution in [3.63, 3.8) is 0 Å². The van der Waals surface area contributed by atoms with Crippen LogP contribution in [0.5, 0.6) is 0 Å². The van der Waals surface area contributed by atoms with Crippen LogP contribution in [0.25, 0.3) is 22.4 Å². The lowest BCUT2D eigenvalue weighted by atomic mass is 10.1. The molecule has 1 aromatic heterocycles. The number of imidazole rings is 1. The van der Waals surface area contributed by atoms with Gasteiger partial charge in [0.2, 0.25) is 5.91 Å². The number of alkyl halides is 2. The molecule has 6 nitrogen and oxygen atoms in total. The maximum Gasteiger partial charge on any atom is 0.320 e. The molecule has 0 unspecified atom stereocenters. The summed E-state index contributed by atoms with van der Waals surface area (Å²) >= 11 is 0. The number of nitrogens with zero attached hydrogens (tertiary/aromatic N) is 4. The summed E-state index contributed by atoms with van der Waals surface area (Å²) in [6, 6.07) is 14.5. The van der Waals surface area contributed by atoms with Crippen molar-refractivity contribution in [2.75, 3.05) is 37.6 Å². The van der Waals surface area contributed by atoms with E-state index in [-0.39, 0.29) is 17.8 Å². The maximum absolute atomic E-state index is 13.8. The van der Waals surface area contributed by atoms with Crippen molar-refractivity contribution in [2.24, 2.45) is 0 Å². The fraction of sp³-hybridized carbons (Fsp3) is 0.391. The minimum atomic E-state index is -2.68. The van der Waals surface area contributed by atoms with Crippen molar-refractivity contribution in [2.45, 2.75) is 25.4 Å². The fourth-order valence-electron chi connectivity index (χ4n) is 4.59. The largest absolute Gasteiger partial charge is 0.368 e. The van der Waals surface area contributed by atoms with E-state index in [0.29, 0.717) is 42.8 Å². The molecule has 0 saturated carbocycles. The predicted octanol–water partition coefficient (Wildman–Crippen LogP) is 3.50. The highest BCUT2D eigenvalue weighted by Gasteiger charge is 2.29. The van der Waals surface area contributed by atoms with E-state index in [1.54, 1.807) is 24.3 Å². The number of rotatable bonds is 4. The minimum absolute atomic E-state index is 0.0442. The van der Waals surface area contributed by atoms with Gasteiger partial charge in [-0.1, -0.05) is 24.3 Å². The van der Waals surface area contributed by atoms with Crippen LogP contribution in [0.4, 0.5) is 14.5 Å². The molecule has 0 bridgehead atoms. The Kier molecular flexibility index (Phi) is 5.31. The first-order chi connectivity index (χ1) is 15.1. The van der Waals surface area contributed by atoms with Crippen molar-refractivity contribution in [3.8, 4) is 11.4 Å². The van der Waals surface area contributed by atoms with E-state index < -0.39 is 6.55 Å². The zero-order chi connectivity index (χ0) is 21.4. The lowest BCUT2D eigenvalue weighted by molar-refractivity contribution is -0.133. The van der Waals surface area contributed by atoms with Gasteiger partial charge >= 0.3 is 6.55 Å². The van der Waals surface area contributed by atoms with Crippen LogP contribution in [-0.4, -0.2) is 59.1 Å². The normalized spacial score (nSPS) is 19.5. The van der Waals surface area contributed by atoms with Gasteiger partial charge in [0.15, 0.2) is 0 Å². The zero-order valence-electron chi connectivity index (χ0n) is 17.2. The molecule has 2 aromatic carbocycles. The Morgan fingerprint density at radius 2 is 1.87 bits per heavy atom. The molecule has 3 heterocycles. The van der Waals surface area contributed by atoms with E-state index in [4.69, 9.17) is 0 Å². The van der Waals surface area contributed by atoms with Gasteiger partial charge in [-0.15, -0.1) is 0 Å². The number of aromatic nitrogens is 2. The number of piperazine rings is 1. The van der Waals surface area contributed by atoms with Crippen LogP contribution in [0.2, 0.25) is 0 Å². The molecule has 2 aliphatic rings. The molecular weight excluding hydrogens is 400 g/mol. The molecule has 1 N–H and O–H groups in total. The van der Waals surface area contributed by atoms with Crippen molar-refractivity contribution in [3.05, 3.63) is 48.5 Å². The summed E-state index contributed by atoms with van der Waals surface area (Å²) in [7, 11) is 0. The number of hydrogen-bond acceptors (Lipinski definition) is 4. The average molecular weight is 425 g/mol. The third-order valence-corrected chi connectivity index (χ3v) is 6.21. The summed E-state index contributed by atoms with van der Waals surface area (Å²) in [5.74, 6) is 0.454. The molecule has 3 aromatic rings. The van der Waals surface area contributed by atoms with Crippen LogP contribution in [0, 0.1) is 0 Å². The standard InChI is InChI=1S/C23H25F2N5O/c24-23(25)30-20-9-2-1-7-18(20)27-21(30)16-5-3-6-17(15-16)28-11-13-29(14-12-28)22(31)19-8-4-10-26-19/h1-3,5-7,9,15,19,23,26H,4,8,10-14H2/t19-/m0/s1. The van der Waals surface area contributed by atoms with Crippen LogP contribution >= 0.6 is 0 Å². The summed E-state index contributed by atoms with van der Waals surface area (Å²) in [5, 5.41) is 3.27. The van der Waals surface area contributed by atoms with E-state index in [9.17, 15) is 13.6 Å². The van der Waals surface area contributed by atoms with Gasteiger partial charge in [0.25, 0.3) is 0 Å². The van der Waals surface area contributed by atoms with Crippen LogP contribution in [0.1, 0.15) is 19.4 Å². The van der Waals surface area contributed by atoms with E-state index >= 15 is 0 Å². The predicted molar refractivity (Wildman–Crippen MR) is 116 cm³/mol. The van der Waals surface area contributed by atoms with Gasteiger partial charge in [-0.05, 0) is 43.7 Å². The van der Waals surface area contributed by atoms with Crippen LogP contribution in [-0.2, 0) is 4.79 Å². The fourth-order valence-corrected chi connectivity index (χ4v) is 4.59. The number of hydrogen-bond donors (Lipinski definition) is 1. The highest BCUT2D eigenvalue weighted by molar-refractivity contribution is 5.83. The molecule has 0 aliphatic carbocycles. The number of nitrogens with one attached hydrogen (secondary N) is 1. The Balaban J connectivity index is 1.36. The number of benzene rings is 2. The molecule has 162 valence electrons. The Morgan fingerprint density at radius 3 is 2.61 bits per heavy atom. The highest BCUT2D eigenvalue weighted by Crippen LogP contribution is 2.31. The lowest BCUT2D eigenvalue weighted by Crippen LogP contribution is -2.53. The number of carbonyl (C=O) groups excluding carboxylic acids is 1. The second-order valence-corrected chi connectivity index (χ2v) is 8.08. The minimum Gasteiger partial charge on any atom is -0.368 e. The summed E-state index contributed by atoms with van der Waals surface area (Å²) in [6.07, 6.45) is 1.96. The maximum atomic E-state index is 13.8. The topological polar surface area (TPSA) is 53.4 Å². The number of carbonyl (C=O) groups is 1. The molecule has 0 radical (unpaired) electrons. The summed E-state index contributed by atoms with van der Waals surface area (Å²) in [4.78, 5) is 21.2. The first kappa shape index (κ1) is 19.9.